The van der Waals surface area contributed by atoms with Crippen LogP contribution in [0.15, 0.2) is 23.3 Å². The Balaban J connectivity index is 2.19. The zero-order chi connectivity index (χ0) is 16.0. The second kappa shape index (κ2) is 11.8. The zero-order valence-corrected chi connectivity index (χ0v) is 13.6. The fraction of sp³-hybridized carbons (Fsp3) is 0.600. The normalized spacial score (nSPS) is 11.3. The van der Waals surface area contributed by atoms with Crippen LogP contribution in [0.1, 0.15) is 12.0 Å². The van der Waals surface area contributed by atoms with E-state index in [2.05, 4.69) is 20.6 Å². The molecule has 1 aromatic rings. The van der Waals surface area contributed by atoms with Gasteiger partial charge in [0.2, 0.25) is 5.88 Å². The molecule has 1 aromatic heterocycles. The van der Waals surface area contributed by atoms with Gasteiger partial charge in [0, 0.05) is 46.1 Å². The van der Waals surface area contributed by atoms with Crippen molar-refractivity contribution in [1.29, 1.82) is 0 Å². The molecule has 124 valence electrons. The van der Waals surface area contributed by atoms with Crippen molar-refractivity contribution in [3.63, 3.8) is 0 Å². The molecular formula is C15H26N4O3. The van der Waals surface area contributed by atoms with Crippen LogP contribution in [0, 0.1) is 0 Å². The number of nitrogens with one attached hydrogen (secondary N) is 2. The largest absolute Gasteiger partial charge is 0.481 e. The number of rotatable bonds is 10. The van der Waals surface area contributed by atoms with Crippen LogP contribution in [0.4, 0.5) is 0 Å². The van der Waals surface area contributed by atoms with Crippen molar-refractivity contribution >= 4 is 5.96 Å². The summed E-state index contributed by atoms with van der Waals surface area (Å²) in [6.45, 7) is 3.42. The summed E-state index contributed by atoms with van der Waals surface area (Å²) in [7, 11) is 5.02. The standard InChI is InChI=1S/C15H26N4O3/c1-16-15(18-6-4-8-22-10-9-20-2)19-12-13-5-7-17-14(11-13)21-3/h5,7,11H,4,6,8-10,12H2,1-3H3,(H2,16,18,19). The van der Waals surface area contributed by atoms with E-state index in [1.54, 1.807) is 27.5 Å². The molecule has 0 saturated heterocycles. The van der Waals surface area contributed by atoms with Gasteiger partial charge in [0.25, 0.3) is 0 Å². The molecule has 0 unspecified atom stereocenters. The molecule has 0 atom stereocenters. The molecule has 0 spiro atoms. The first kappa shape index (κ1) is 18.2. The molecule has 0 fully saturated rings. The number of hydrogen-bond donors (Lipinski definition) is 2. The Kier molecular flexibility index (Phi) is 9.73. The summed E-state index contributed by atoms with van der Waals surface area (Å²) in [5, 5.41) is 6.48. The van der Waals surface area contributed by atoms with Crippen molar-refractivity contribution in [2.45, 2.75) is 13.0 Å². The molecule has 2 N–H and O–H groups in total. The van der Waals surface area contributed by atoms with Crippen LogP contribution in [-0.2, 0) is 16.0 Å². The lowest BCUT2D eigenvalue weighted by molar-refractivity contribution is 0.0698. The molecule has 7 heteroatoms. The van der Waals surface area contributed by atoms with E-state index in [9.17, 15) is 0 Å². The Bertz CT molecular complexity index is 441. The van der Waals surface area contributed by atoms with Crippen LogP contribution in [-0.4, -0.2) is 58.6 Å². The van der Waals surface area contributed by atoms with Gasteiger partial charge < -0.3 is 24.8 Å². The molecule has 0 bridgehead atoms. The van der Waals surface area contributed by atoms with Crippen LogP contribution >= 0.6 is 0 Å². The predicted octanol–water partition coefficient (Wildman–Crippen LogP) is 0.808. The molecule has 0 radical (unpaired) electrons. The topological polar surface area (TPSA) is 77.0 Å². The summed E-state index contributed by atoms with van der Waals surface area (Å²) in [4.78, 5) is 8.26. The van der Waals surface area contributed by atoms with E-state index >= 15 is 0 Å². The summed E-state index contributed by atoms with van der Waals surface area (Å²) in [6, 6.07) is 3.83. The van der Waals surface area contributed by atoms with Crippen molar-refractivity contribution in [2.75, 3.05) is 47.6 Å². The smallest absolute Gasteiger partial charge is 0.213 e. The lowest BCUT2D eigenvalue weighted by atomic mass is 10.2. The molecule has 7 nitrogen and oxygen atoms in total. The zero-order valence-electron chi connectivity index (χ0n) is 13.6. The Morgan fingerprint density at radius 3 is 2.82 bits per heavy atom. The first-order chi connectivity index (χ1) is 10.8. The lowest BCUT2D eigenvalue weighted by Gasteiger charge is -2.12. The fourth-order valence-corrected chi connectivity index (χ4v) is 1.70. The highest BCUT2D eigenvalue weighted by Gasteiger charge is 2.00. The number of guanidine groups is 1. The number of methoxy groups -OCH3 is 2. The average Bonchev–Trinajstić information content (AvgIpc) is 2.57. The van der Waals surface area contributed by atoms with Gasteiger partial charge in [-0.05, 0) is 18.1 Å². The minimum atomic E-state index is 0.607. The minimum Gasteiger partial charge on any atom is -0.481 e. The summed E-state index contributed by atoms with van der Waals surface area (Å²) in [5.74, 6) is 1.36. The molecule has 22 heavy (non-hydrogen) atoms. The Morgan fingerprint density at radius 2 is 2.09 bits per heavy atom. The van der Waals surface area contributed by atoms with Gasteiger partial charge >= 0.3 is 0 Å². The maximum absolute atomic E-state index is 5.40. The van der Waals surface area contributed by atoms with Crippen LogP contribution in [0.25, 0.3) is 0 Å². The minimum absolute atomic E-state index is 0.607. The van der Waals surface area contributed by atoms with Gasteiger partial charge in [0.05, 0.1) is 20.3 Å². The van der Waals surface area contributed by atoms with Crippen LogP contribution in [0.2, 0.25) is 0 Å². The van der Waals surface area contributed by atoms with Crippen LogP contribution in [0.5, 0.6) is 5.88 Å². The highest BCUT2D eigenvalue weighted by atomic mass is 16.5. The third-order valence-electron chi connectivity index (χ3n) is 2.88. The fourth-order valence-electron chi connectivity index (χ4n) is 1.70. The first-order valence-corrected chi connectivity index (χ1v) is 7.30. The number of ether oxygens (including phenoxy) is 3. The average molecular weight is 310 g/mol. The first-order valence-electron chi connectivity index (χ1n) is 7.30. The van der Waals surface area contributed by atoms with Gasteiger partial charge in [-0.15, -0.1) is 0 Å². The highest BCUT2D eigenvalue weighted by molar-refractivity contribution is 5.79. The molecule has 0 amide bonds. The van der Waals surface area contributed by atoms with E-state index in [-0.39, 0.29) is 0 Å². The molecule has 0 aromatic carbocycles. The van der Waals surface area contributed by atoms with Crippen molar-refractivity contribution in [2.24, 2.45) is 4.99 Å². The van der Waals surface area contributed by atoms with Crippen molar-refractivity contribution in [3.05, 3.63) is 23.9 Å². The van der Waals surface area contributed by atoms with Gasteiger partial charge in [0.15, 0.2) is 5.96 Å². The lowest BCUT2D eigenvalue weighted by Crippen LogP contribution is -2.37. The number of aliphatic imine (C=N–C) groups is 1. The van der Waals surface area contributed by atoms with E-state index < -0.39 is 0 Å². The van der Waals surface area contributed by atoms with Gasteiger partial charge in [0.1, 0.15) is 0 Å². The number of aromatic nitrogens is 1. The van der Waals surface area contributed by atoms with Crippen LogP contribution < -0.4 is 15.4 Å². The van der Waals surface area contributed by atoms with Gasteiger partial charge in [-0.25, -0.2) is 4.98 Å². The van der Waals surface area contributed by atoms with Gasteiger partial charge in [-0.1, -0.05) is 0 Å². The van der Waals surface area contributed by atoms with Crippen LogP contribution in [0.3, 0.4) is 0 Å². The van der Waals surface area contributed by atoms with E-state index in [4.69, 9.17) is 14.2 Å². The second-order valence-electron chi connectivity index (χ2n) is 4.52. The second-order valence-corrected chi connectivity index (χ2v) is 4.52. The molecule has 1 heterocycles. The van der Waals surface area contributed by atoms with E-state index in [1.165, 1.54) is 0 Å². The molecule has 0 saturated carbocycles. The monoisotopic (exact) mass is 310 g/mol. The van der Waals surface area contributed by atoms with Gasteiger partial charge in [-0.2, -0.15) is 0 Å². The Labute approximate surface area is 132 Å². The maximum Gasteiger partial charge on any atom is 0.213 e. The Hall–Kier alpha value is -1.86. The van der Waals surface area contributed by atoms with E-state index in [0.29, 0.717) is 32.2 Å². The third kappa shape index (κ3) is 7.80. The summed E-state index contributed by atoms with van der Waals surface area (Å²) in [6.07, 6.45) is 2.64. The molecular weight excluding hydrogens is 284 g/mol. The van der Waals surface area contributed by atoms with E-state index in [0.717, 1.165) is 24.5 Å². The molecule has 0 aliphatic rings. The van der Waals surface area contributed by atoms with Crippen molar-refractivity contribution < 1.29 is 14.2 Å². The number of pyridine rings is 1. The van der Waals surface area contributed by atoms with Crippen molar-refractivity contribution in [3.8, 4) is 5.88 Å². The molecule has 0 aliphatic heterocycles. The molecule has 0 aliphatic carbocycles. The summed E-state index contributed by atoms with van der Waals surface area (Å²) >= 11 is 0. The summed E-state index contributed by atoms with van der Waals surface area (Å²) in [5.41, 5.74) is 1.08. The predicted molar refractivity (Wildman–Crippen MR) is 86.3 cm³/mol. The Morgan fingerprint density at radius 1 is 1.23 bits per heavy atom. The number of hydrogen-bond acceptors (Lipinski definition) is 5. The maximum atomic E-state index is 5.40. The SMILES string of the molecule is CN=C(NCCCOCCOC)NCc1ccnc(OC)c1. The van der Waals surface area contributed by atoms with Crippen molar-refractivity contribution in [1.82, 2.24) is 15.6 Å². The number of nitrogens with zero attached hydrogens (tertiary/aromatic N) is 2. The highest BCUT2D eigenvalue weighted by Crippen LogP contribution is 2.07. The van der Waals surface area contributed by atoms with Gasteiger partial charge in [-0.3, -0.25) is 4.99 Å². The quantitative estimate of drug-likeness (QED) is 0.378. The summed E-state index contributed by atoms with van der Waals surface area (Å²) < 4.78 is 15.4. The third-order valence-corrected chi connectivity index (χ3v) is 2.88. The van der Waals surface area contributed by atoms with E-state index in [1.807, 2.05) is 12.1 Å². The molecule has 1 rings (SSSR count).